The molecule has 0 spiro atoms. The Kier molecular flexibility index (Phi) is 2.49. The molecule has 0 aromatic heterocycles. The average molecular weight is 206 g/mol. The third-order valence-electron chi connectivity index (χ3n) is 2.90. The summed E-state index contributed by atoms with van der Waals surface area (Å²) >= 11 is 0. The van der Waals surface area contributed by atoms with Crippen LogP contribution in [0.4, 0.5) is 0 Å². The Morgan fingerprint density at radius 2 is 2.07 bits per heavy atom. The largest absolute Gasteiger partial charge is 0.456 e. The summed E-state index contributed by atoms with van der Waals surface area (Å²) in [6, 6.07) is 9.50. The molecule has 80 valence electrons. The van der Waals surface area contributed by atoms with Gasteiger partial charge < -0.3 is 9.47 Å². The molecule has 3 heteroatoms. The van der Waals surface area contributed by atoms with E-state index in [1.807, 2.05) is 37.3 Å². The van der Waals surface area contributed by atoms with E-state index in [1.54, 1.807) is 7.11 Å². The van der Waals surface area contributed by atoms with Crippen LogP contribution in [0.5, 0.6) is 0 Å². The number of ether oxygens (including phenoxy) is 2. The highest BCUT2D eigenvalue weighted by Crippen LogP contribution is 2.41. The molecule has 1 aromatic carbocycles. The third kappa shape index (κ3) is 1.27. The lowest BCUT2D eigenvalue weighted by Gasteiger charge is -2.45. The fourth-order valence-corrected chi connectivity index (χ4v) is 2.07. The fourth-order valence-electron chi connectivity index (χ4n) is 2.07. The van der Waals surface area contributed by atoms with E-state index in [-0.39, 0.29) is 12.1 Å². The van der Waals surface area contributed by atoms with E-state index in [1.165, 1.54) is 0 Å². The summed E-state index contributed by atoms with van der Waals surface area (Å²) in [4.78, 5) is 11.6. The molecule has 1 saturated heterocycles. The van der Waals surface area contributed by atoms with Crippen LogP contribution >= 0.6 is 0 Å². The van der Waals surface area contributed by atoms with Gasteiger partial charge in [-0.05, 0) is 12.0 Å². The van der Waals surface area contributed by atoms with Crippen LogP contribution in [-0.4, -0.2) is 19.2 Å². The zero-order valence-electron chi connectivity index (χ0n) is 8.90. The molecular formula is C12H14O3. The summed E-state index contributed by atoms with van der Waals surface area (Å²) in [7, 11) is 1.55. The quantitative estimate of drug-likeness (QED) is 0.708. The number of cyclic esters (lactones) is 1. The van der Waals surface area contributed by atoms with Gasteiger partial charge in [0.1, 0.15) is 6.10 Å². The van der Waals surface area contributed by atoms with E-state index in [0.29, 0.717) is 0 Å². The molecule has 3 nitrogen and oxygen atoms in total. The summed E-state index contributed by atoms with van der Waals surface area (Å²) < 4.78 is 10.5. The molecule has 0 bridgehead atoms. The molecule has 2 atom stereocenters. The maximum absolute atomic E-state index is 11.6. The molecule has 1 aromatic rings. The first-order valence-corrected chi connectivity index (χ1v) is 5.07. The van der Waals surface area contributed by atoms with Crippen molar-refractivity contribution in [1.82, 2.24) is 0 Å². The number of hydrogen-bond acceptors (Lipinski definition) is 3. The second kappa shape index (κ2) is 3.66. The molecule has 2 rings (SSSR count). The van der Waals surface area contributed by atoms with Crippen molar-refractivity contribution >= 4 is 5.97 Å². The van der Waals surface area contributed by atoms with Crippen LogP contribution in [0, 0.1) is 0 Å². The monoisotopic (exact) mass is 206 g/mol. The summed E-state index contributed by atoms with van der Waals surface area (Å²) in [6.45, 7) is 1.98. The minimum Gasteiger partial charge on any atom is -0.456 e. The Morgan fingerprint density at radius 1 is 1.40 bits per heavy atom. The topological polar surface area (TPSA) is 35.5 Å². The van der Waals surface area contributed by atoms with Crippen molar-refractivity contribution in [3.8, 4) is 0 Å². The molecule has 0 aliphatic carbocycles. The van der Waals surface area contributed by atoms with Gasteiger partial charge in [0.2, 0.25) is 5.60 Å². The minimum atomic E-state index is -0.879. The third-order valence-corrected chi connectivity index (χ3v) is 2.90. The zero-order valence-corrected chi connectivity index (χ0v) is 8.90. The number of methoxy groups -OCH3 is 1. The number of hydrogen-bond donors (Lipinski definition) is 0. The van der Waals surface area contributed by atoms with Crippen molar-refractivity contribution in [2.75, 3.05) is 7.11 Å². The van der Waals surface area contributed by atoms with Gasteiger partial charge in [-0.3, -0.25) is 0 Å². The van der Waals surface area contributed by atoms with Gasteiger partial charge in [0.25, 0.3) is 0 Å². The smallest absolute Gasteiger partial charge is 0.347 e. The van der Waals surface area contributed by atoms with E-state index in [9.17, 15) is 4.79 Å². The van der Waals surface area contributed by atoms with Crippen LogP contribution in [0.2, 0.25) is 0 Å². The Morgan fingerprint density at radius 3 is 2.53 bits per heavy atom. The highest BCUT2D eigenvalue weighted by Gasteiger charge is 2.59. The highest BCUT2D eigenvalue weighted by atomic mass is 16.6. The Hall–Kier alpha value is -1.35. The number of carbonyl (C=O) groups is 1. The number of esters is 1. The molecule has 1 aliphatic rings. The zero-order chi connectivity index (χ0) is 10.9. The van der Waals surface area contributed by atoms with Crippen LogP contribution in [0.3, 0.4) is 0 Å². The van der Waals surface area contributed by atoms with Crippen LogP contribution < -0.4 is 0 Å². The van der Waals surface area contributed by atoms with E-state index in [0.717, 1.165) is 12.0 Å². The highest BCUT2D eigenvalue weighted by molar-refractivity contribution is 5.87. The van der Waals surface area contributed by atoms with Crippen molar-refractivity contribution < 1.29 is 14.3 Å². The van der Waals surface area contributed by atoms with Crippen molar-refractivity contribution in [2.24, 2.45) is 0 Å². The Bertz CT molecular complexity index is 360. The first-order valence-electron chi connectivity index (χ1n) is 5.07. The van der Waals surface area contributed by atoms with Gasteiger partial charge in [0.05, 0.1) is 0 Å². The molecule has 0 amide bonds. The molecule has 0 unspecified atom stereocenters. The maximum atomic E-state index is 11.6. The number of carbonyl (C=O) groups excluding carboxylic acids is 1. The molecule has 0 N–H and O–H groups in total. The van der Waals surface area contributed by atoms with Crippen molar-refractivity contribution in [1.29, 1.82) is 0 Å². The first-order chi connectivity index (χ1) is 7.25. The van der Waals surface area contributed by atoms with Crippen molar-refractivity contribution in [3.05, 3.63) is 35.9 Å². The van der Waals surface area contributed by atoms with E-state index in [4.69, 9.17) is 9.47 Å². The molecule has 0 radical (unpaired) electrons. The van der Waals surface area contributed by atoms with Crippen LogP contribution in [0.25, 0.3) is 0 Å². The standard InChI is InChI=1S/C12H14O3/c1-3-10-12(14-2,11(13)15-10)9-7-5-4-6-8-9/h4-8,10H,3H2,1-2H3/t10-,12+/m0/s1. The van der Waals surface area contributed by atoms with Gasteiger partial charge in [-0.15, -0.1) is 0 Å². The normalized spacial score (nSPS) is 29.5. The van der Waals surface area contributed by atoms with Gasteiger partial charge >= 0.3 is 5.97 Å². The van der Waals surface area contributed by atoms with Gasteiger partial charge in [-0.2, -0.15) is 0 Å². The Labute approximate surface area is 89.0 Å². The van der Waals surface area contributed by atoms with Crippen LogP contribution in [-0.2, 0) is 19.9 Å². The first kappa shape index (κ1) is 10.2. The van der Waals surface area contributed by atoms with Gasteiger partial charge in [0, 0.05) is 7.11 Å². The molecule has 15 heavy (non-hydrogen) atoms. The van der Waals surface area contributed by atoms with Gasteiger partial charge in [-0.25, -0.2) is 4.79 Å². The summed E-state index contributed by atoms with van der Waals surface area (Å²) in [5.74, 6) is -0.289. The Balaban J connectivity index is 2.41. The minimum absolute atomic E-state index is 0.169. The van der Waals surface area contributed by atoms with Crippen molar-refractivity contribution in [2.45, 2.75) is 25.0 Å². The predicted molar refractivity (Wildman–Crippen MR) is 55.3 cm³/mol. The summed E-state index contributed by atoms with van der Waals surface area (Å²) in [6.07, 6.45) is 0.589. The lowest BCUT2D eigenvalue weighted by molar-refractivity contribution is -0.240. The van der Waals surface area contributed by atoms with Gasteiger partial charge in [-0.1, -0.05) is 37.3 Å². The lowest BCUT2D eigenvalue weighted by Crippen LogP contribution is -2.60. The summed E-state index contributed by atoms with van der Waals surface area (Å²) in [5, 5.41) is 0. The van der Waals surface area contributed by atoms with E-state index < -0.39 is 5.60 Å². The van der Waals surface area contributed by atoms with Crippen LogP contribution in [0.1, 0.15) is 18.9 Å². The van der Waals surface area contributed by atoms with Crippen LogP contribution in [0.15, 0.2) is 30.3 Å². The lowest BCUT2D eigenvalue weighted by atomic mass is 9.82. The number of rotatable bonds is 3. The van der Waals surface area contributed by atoms with E-state index in [2.05, 4.69) is 0 Å². The predicted octanol–water partition coefficient (Wildman–Crippen LogP) is 1.86. The maximum Gasteiger partial charge on any atom is 0.347 e. The molecule has 1 aliphatic heterocycles. The SMILES string of the molecule is CC[C@@H]1OC(=O)[C@@]1(OC)c1ccccc1. The molecule has 0 saturated carbocycles. The van der Waals surface area contributed by atoms with E-state index >= 15 is 0 Å². The molecule has 1 heterocycles. The fraction of sp³-hybridized carbons (Fsp3) is 0.417. The number of benzene rings is 1. The molecular weight excluding hydrogens is 192 g/mol. The second-order valence-corrected chi connectivity index (χ2v) is 3.61. The summed E-state index contributed by atoms with van der Waals surface area (Å²) in [5.41, 5.74) is -0.00803. The second-order valence-electron chi connectivity index (χ2n) is 3.61. The average Bonchev–Trinajstić information content (AvgIpc) is 2.28. The van der Waals surface area contributed by atoms with Crippen molar-refractivity contribution in [3.63, 3.8) is 0 Å². The van der Waals surface area contributed by atoms with Gasteiger partial charge in [0.15, 0.2) is 0 Å². The molecule has 1 fully saturated rings.